The number of hydrogen-bond donors (Lipinski definition) is 1. The maximum Gasteiger partial charge on any atom is 0.293 e. The molecule has 224 valence electrons. The molecule has 7 rings (SSSR count). The van der Waals surface area contributed by atoms with Crippen LogP contribution in [-0.4, -0.2) is 25.7 Å². The number of amides is 1. The smallest absolute Gasteiger partial charge is 0.293 e. The summed E-state index contributed by atoms with van der Waals surface area (Å²) in [5.74, 6) is -7.62. The van der Waals surface area contributed by atoms with Crippen LogP contribution in [0.15, 0.2) is 73.2 Å². The number of carbonyl (C=O) groups excluding carboxylic acids is 1. The van der Waals surface area contributed by atoms with Gasteiger partial charge in [0.25, 0.3) is 12.3 Å². The summed E-state index contributed by atoms with van der Waals surface area (Å²) < 4.78 is 86.6. The molecule has 0 saturated heterocycles. The monoisotopic (exact) mass is 607 g/mol. The molecular formula is C32H23F6N5O. The fourth-order valence-electron chi connectivity index (χ4n) is 6.33. The lowest BCUT2D eigenvalue weighted by Gasteiger charge is -2.22. The number of hydrogen-bond acceptors (Lipinski definition) is 4. The van der Waals surface area contributed by atoms with Crippen molar-refractivity contribution in [2.75, 3.05) is 0 Å². The fourth-order valence-corrected chi connectivity index (χ4v) is 6.33. The van der Waals surface area contributed by atoms with Crippen LogP contribution in [0.25, 0.3) is 21.9 Å². The molecule has 2 aliphatic carbocycles. The van der Waals surface area contributed by atoms with Crippen LogP contribution in [-0.2, 0) is 23.7 Å². The van der Waals surface area contributed by atoms with E-state index >= 15 is 8.78 Å². The first-order chi connectivity index (χ1) is 21.1. The van der Waals surface area contributed by atoms with Crippen LogP contribution >= 0.6 is 0 Å². The zero-order chi connectivity index (χ0) is 30.7. The summed E-state index contributed by atoms with van der Waals surface area (Å²) in [5.41, 5.74) is 0.319. The largest absolute Gasteiger partial charge is 0.346 e. The van der Waals surface area contributed by atoms with E-state index in [1.165, 1.54) is 6.20 Å². The zero-order valence-electron chi connectivity index (χ0n) is 22.8. The van der Waals surface area contributed by atoms with Crippen molar-refractivity contribution in [1.29, 1.82) is 0 Å². The number of nitrogens with one attached hydrogen (secondary N) is 1. The molecule has 1 saturated carbocycles. The summed E-state index contributed by atoms with van der Waals surface area (Å²) in [5, 5.41) is 8.26. The molecule has 0 bridgehead atoms. The molecule has 2 aromatic carbocycles. The maximum atomic E-state index is 15.1. The van der Waals surface area contributed by atoms with Crippen LogP contribution in [0.5, 0.6) is 0 Å². The summed E-state index contributed by atoms with van der Waals surface area (Å²) in [7, 11) is 0. The van der Waals surface area contributed by atoms with Crippen LogP contribution in [0.2, 0.25) is 0 Å². The van der Waals surface area contributed by atoms with E-state index in [1.807, 2.05) is 24.3 Å². The molecule has 2 unspecified atom stereocenters. The predicted molar refractivity (Wildman–Crippen MR) is 148 cm³/mol. The van der Waals surface area contributed by atoms with Crippen LogP contribution in [0.1, 0.15) is 53.0 Å². The third kappa shape index (κ3) is 4.87. The number of halogens is 6. The van der Waals surface area contributed by atoms with Crippen molar-refractivity contribution in [2.24, 2.45) is 5.92 Å². The second-order valence-electron chi connectivity index (χ2n) is 11.2. The minimum atomic E-state index is -3.39. The van der Waals surface area contributed by atoms with E-state index in [1.54, 1.807) is 24.5 Å². The van der Waals surface area contributed by atoms with Crippen molar-refractivity contribution in [1.82, 2.24) is 25.1 Å². The number of fused-ring (bicyclic) bond motifs is 4. The summed E-state index contributed by atoms with van der Waals surface area (Å²) >= 11 is 0. The van der Waals surface area contributed by atoms with E-state index in [-0.39, 0.29) is 24.0 Å². The minimum Gasteiger partial charge on any atom is -0.346 e. The molecule has 1 N–H and O–H groups in total. The van der Waals surface area contributed by atoms with Crippen molar-refractivity contribution in [2.45, 2.75) is 43.7 Å². The number of alkyl halides is 4. The highest BCUT2D eigenvalue weighted by molar-refractivity contribution is 5.87. The highest BCUT2D eigenvalue weighted by Crippen LogP contribution is 2.68. The summed E-state index contributed by atoms with van der Waals surface area (Å²) in [6.45, 7) is -0.762. The Morgan fingerprint density at radius 3 is 2.57 bits per heavy atom. The minimum absolute atomic E-state index is 0.0944. The number of nitrogens with zero attached hydrogens (tertiary/aromatic N) is 4. The van der Waals surface area contributed by atoms with E-state index in [9.17, 15) is 22.4 Å². The zero-order valence-corrected chi connectivity index (χ0v) is 22.8. The van der Waals surface area contributed by atoms with Gasteiger partial charge in [-0.1, -0.05) is 18.2 Å². The lowest BCUT2D eigenvalue weighted by Crippen LogP contribution is -2.35. The highest BCUT2D eigenvalue weighted by Gasteiger charge is 2.67. The Morgan fingerprint density at radius 2 is 1.80 bits per heavy atom. The molecule has 0 radical (unpaired) electrons. The van der Waals surface area contributed by atoms with Gasteiger partial charge in [-0.05, 0) is 65.6 Å². The highest BCUT2D eigenvalue weighted by atomic mass is 19.3. The summed E-state index contributed by atoms with van der Waals surface area (Å²) in [6.07, 6.45) is 1.76. The first-order valence-corrected chi connectivity index (χ1v) is 13.9. The quantitative estimate of drug-likeness (QED) is 0.193. The maximum absolute atomic E-state index is 15.1. The normalized spacial score (nSPS) is 18.7. The van der Waals surface area contributed by atoms with Crippen molar-refractivity contribution in [3.05, 3.63) is 113 Å². The van der Waals surface area contributed by atoms with Crippen LogP contribution in [0.4, 0.5) is 26.3 Å². The first kappa shape index (κ1) is 28.1. The van der Waals surface area contributed by atoms with Crippen molar-refractivity contribution in [3.8, 4) is 11.1 Å². The second-order valence-corrected chi connectivity index (χ2v) is 11.2. The van der Waals surface area contributed by atoms with Crippen molar-refractivity contribution < 1.29 is 31.1 Å². The molecule has 44 heavy (non-hydrogen) atoms. The SMILES string of the molecule is O=C(Cn1nc(C(F)F)c2c1C(F)(F)C1CC21)N[C@@H](Cc1cc(F)cc(F)c1)c1ncccc1-c1ccc2ccncc2c1. The van der Waals surface area contributed by atoms with Crippen molar-refractivity contribution in [3.63, 3.8) is 0 Å². The van der Waals surface area contributed by atoms with Gasteiger partial charge in [0.1, 0.15) is 29.6 Å². The van der Waals surface area contributed by atoms with E-state index < -0.39 is 65.7 Å². The number of aromatic nitrogens is 4. The molecule has 2 aliphatic rings. The Kier molecular flexibility index (Phi) is 6.67. The molecule has 5 aromatic rings. The van der Waals surface area contributed by atoms with Crippen LogP contribution in [0, 0.1) is 17.6 Å². The lowest BCUT2D eigenvalue weighted by atomic mass is 9.94. The Labute approximate surface area is 246 Å². The van der Waals surface area contributed by atoms with Gasteiger partial charge in [-0.2, -0.15) is 13.9 Å². The Hall–Kier alpha value is -4.74. The van der Waals surface area contributed by atoms with E-state index in [4.69, 9.17) is 0 Å². The average Bonchev–Trinajstić information content (AvgIpc) is 3.64. The van der Waals surface area contributed by atoms with Gasteiger partial charge in [0.2, 0.25) is 5.91 Å². The van der Waals surface area contributed by atoms with Crippen LogP contribution in [0.3, 0.4) is 0 Å². The predicted octanol–water partition coefficient (Wildman–Crippen LogP) is 7.02. The Morgan fingerprint density at radius 1 is 1.00 bits per heavy atom. The average molecular weight is 608 g/mol. The molecule has 3 heterocycles. The molecule has 1 fully saturated rings. The molecule has 3 atom stereocenters. The molecule has 0 spiro atoms. The second kappa shape index (κ2) is 10.5. The van der Waals surface area contributed by atoms with Gasteiger partial charge < -0.3 is 5.32 Å². The van der Waals surface area contributed by atoms with Gasteiger partial charge in [0.05, 0.1) is 11.7 Å². The van der Waals surface area contributed by atoms with Gasteiger partial charge in [-0.25, -0.2) is 17.6 Å². The van der Waals surface area contributed by atoms with Crippen molar-refractivity contribution >= 4 is 16.7 Å². The van der Waals surface area contributed by atoms with E-state index in [2.05, 4.69) is 20.4 Å². The molecular weight excluding hydrogens is 584 g/mol. The van der Waals surface area contributed by atoms with Gasteiger partial charge >= 0.3 is 0 Å². The molecule has 12 heteroatoms. The lowest BCUT2D eigenvalue weighted by molar-refractivity contribution is -0.123. The summed E-state index contributed by atoms with van der Waals surface area (Å²) in [4.78, 5) is 22.1. The van der Waals surface area contributed by atoms with Gasteiger partial charge in [0, 0.05) is 47.1 Å². The van der Waals surface area contributed by atoms with E-state index in [0.717, 1.165) is 34.5 Å². The third-order valence-electron chi connectivity index (χ3n) is 8.28. The molecule has 3 aromatic heterocycles. The van der Waals surface area contributed by atoms with Gasteiger partial charge in [-0.15, -0.1) is 0 Å². The first-order valence-electron chi connectivity index (χ1n) is 13.9. The Bertz CT molecular complexity index is 1900. The van der Waals surface area contributed by atoms with E-state index in [0.29, 0.717) is 15.9 Å². The molecule has 6 nitrogen and oxygen atoms in total. The number of rotatable bonds is 8. The standard InChI is InChI=1S/C32H23F6N5O/c33-20-8-16(9-21(34)12-20)10-25(28-22(2-1-6-40-28)18-4-3-17-5-7-39-14-19(17)11-18)41-26(44)15-43-30-27(29(42-43)31(35)36)23-13-24(23)32(30,37)38/h1-9,11-12,14,23-25,31H,10,13,15H2,(H,41,44)/t23?,24?,25-/m0/s1. The third-order valence-corrected chi connectivity index (χ3v) is 8.28. The number of pyridine rings is 2. The van der Waals surface area contributed by atoms with Gasteiger partial charge in [-0.3, -0.25) is 19.4 Å². The molecule has 1 amide bonds. The summed E-state index contributed by atoms with van der Waals surface area (Å²) in [6, 6.07) is 12.9. The fraction of sp³-hybridized carbons (Fsp3) is 0.250. The Balaban J connectivity index is 1.25. The number of carbonyl (C=O) groups is 1. The van der Waals surface area contributed by atoms with Crippen LogP contribution < -0.4 is 5.32 Å². The topological polar surface area (TPSA) is 72.7 Å². The van der Waals surface area contributed by atoms with Gasteiger partial charge in [0.15, 0.2) is 0 Å². The number of benzene rings is 2. The molecule has 0 aliphatic heterocycles.